The van der Waals surface area contributed by atoms with Gasteiger partial charge in [-0.05, 0) is 54.1 Å². The number of carbonyl (C=O) groups excluding carboxylic acids is 2. The summed E-state index contributed by atoms with van der Waals surface area (Å²) in [6.45, 7) is 2.03. The van der Waals surface area contributed by atoms with Crippen LogP contribution < -0.4 is 5.32 Å². The third-order valence-electron chi connectivity index (χ3n) is 5.69. The molecule has 0 spiro atoms. The van der Waals surface area contributed by atoms with Gasteiger partial charge in [-0.2, -0.15) is 0 Å². The zero-order valence-corrected chi connectivity index (χ0v) is 22.1. The number of hydrogen-bond acceptors (Lipinski definition) is 6. The summed E-state index contributed by atoms with van der Waals surface area (Å²) in [4.78, 5) is 32.6. The second kappa shape index (κ2) is 11.2. The summed E-state index contributed by atoms with van der Waals surface area (Å²) in [6, 6.07) is 17.9. The third kappa shape index (κ3) is 5.68. The summed E-state index contributed by atoms with van der Waals surface area (Å²) < 4.78 is 7.18. The maximum absolute atomic E-state index is 13.1. The Hall–Kier alpha value is -2.62. The fourth-order valence-corrected chi connectivity index (χ4v) is 6.40. The van der Waals surface area contributed by atoms with E-state index in [1.807, 2.05) is 24.3 Å². The fraction of sp³-hybridized carbons (Fsp3) is 0.192. The van der Waals surface area contributed by atoms with E-state index in [4.69, 9.17) is 27.9 Å². The molecule has 5 rings (SSSR count). The number of fused-ring (bicyclic) bond motifs is 1. The number of anilines is 1. The van der Waals surface area contributed by atoms with Gasteiger partial charge in [-0.25, -0.2) is 4.98 Å². The number of benzene rings is 3. The van der Waals surface area contributed by atoms with Crippen molar-refractivity contribution < 1.29 is 14.3 Å². The van der Waals surface area contributed by atoms with Crippen LogP contribution in [-0.2, 0) is 10.5 Å². The molecule has 1 saturated heterocycles. The van der Waals surface area contributed by atoms with Gasteiger partial charge in [0, 0.05) is 34.6 Å². The minimum absolute atomic E-state index is 0.163. The first-order valence-electron chi connectivity index (χ1n) is 11.2. The number of aromatic nitrogens is 1. The van der Waals surface area contributed by atoms with Crippen molar-refractivity contribution in [2.45, 2.75) is 10.1 Å². The molecular weight excluding hydrogens is 537 g/mol. The quantitative estimate of drug-likeness (QED) is 0.270. The molecule has 3 aromatic carbocycles. The van der Waals surface area contributed by atoms with Gasteiger partial charge >= 0.3 is 0 Å². The van der Waals surface area contributed by atoms with E-state index in [-0.39, 0.29) is 11.8 Å². The third-order valence-corrected chi connectivity index (χ3v) is 8.50. The number of halogens is 2. The number of amides is 2. The molecule has 0 unspecified atom stereocenters. The highest BCUT2D eigenvalue weighted by Gasteiger charge is 2.23. The first-order valence-corrected chi connectivity index (χ1v) is 13.8. The summed E-state index contributed by atoms with van der Waals surface area (Å²) in [5.74, 6) is 0.154. The van der Waals surface area contributed by atoms with E-state index >= 15 is 0 Å². The van der Waals surface area contributed by atoms with Crippen molar-refractivity contribution in [3.63, 3.8) is 0 Å². The smallest absolute Gasteiger partial charge is 0.256 e. The van der Waals surface area contributed by atoms with E-state index < -0.39 is 0 Å². The normalized spacial score (nSPS) is 13.7. The van der Waals surface area contributed by atoms with Crippen LogP contribution in [0.2, 0.25) is 10.0 Å². The molecule has 1 fully saturated rings. The lowest BCUT2D eigenvalue weighted by molar-refractivity contribution is 0.0302. The number of nitrogens with zero attached hydrogens (tertiary/aromatic N) is 2. The van der Waals surface area contributed by atoms with Gasteiger partial charge in [0.15, 0.2) is 4.34 Å². The van der Waals surface area contributed by atoms with Gasteiger partial charge in [-0.1, -0.05) is 47.1 Å². The Balaban J connectivity index is 1.30. The van der Waals surface area contributed by atoms with Crippen LogP contribution in [0.25, 0.3) is 10.2 Å². The minimum atomic E-state index is -0.332. The van der Waals surface area contributed by atoms with Crippen LogP contribution in [0.5, 0.6) is 0 Å². The van der Waals surface area contributed by atoms with Crippen molar-refractivity contribution in [1.29, 1.82) is 0 Å². The second-order valence-corrected chi connectivity index (χ2v) is 11.2. The molecule has 1 aliphatic heterocycles. The van der Waals surface area contributed by atoms with Gasteiger partial charge in [0.05, 0.1) is 34.6 Å². The number of rotatable bonds is 6. The Labute approximate surface area is 226 Å². The van der Waals surface area contributed by atoms with Crippen molar-refractivity contribution in [1.82, 2.24) is 9.88 Å². The van der Waals surface area contributed by atoms with Gasteiger partial charge < -0.3 is 15.0 Å². The van der Waals surface area contributed by atoms with Gasteiger partial charge in [0.1, 0.15) is 0 Å². The number of ether oxygens (including phenoxy) is 1. The van der Waals surface area contributed by atoms with Crippen LogP contribution in [0.15, 0.2) is 65.0 Å². The summed E-state index contributed by atoms with van der Waals surface area (Å²) in [7, 11) is 0. The molecule has 1 N–H and O–H groups in total. The van der Waals surface area contributed by atoms with Crippen molar-refractivity contribution >= 4 is 74.0 Å². The monoisotopic (exact) mass is 557 g/mol. The Morgan fingerprint density at radius 1 is 1.03 bits per heavy atom. The molecule has 0 aliphatic carbocycles. The predicted octanol–water partition coefficient (Wildman–Crippen LogP) is 6.62. The second-order valence-electron chi connectivity index (χ2n) is 8.09. The fourth-order valence-electron chi connectivity index (χ4n) is 3.84. The molecule has 10 heteroatoms. The minimum Gasteiger partial charge on any atom is -0.378 e. The number of hydrogen-bond donors (Lipinski definition) is 1. The molecule has 0 saturated carbocycles. The molecule has 2 heterocycles. The summed E-state index contributed by atoms with van der Waals surface area (Å²) in [5.41, 5.74) is 3.16. The van der Waals surface area contributed by atoms with Crippen molar-refractivity contribution in [3.05, 3.63) is 87.4 Å². The molecule has 6 nitrogen and oxygen atoms in total. The van der Waals surface area contributed by atoms with Gasteiger partial charge in [0.2, 0.25) is 0 Å². The lowest BCUT2D eigenvalue weighted by Gasteiger charge is -2.27. The van der Waals surface area contributed by atoms with Crippen molar-refractivity contribution in [2.75, 3.05) is 31.6 Å². The average molecular weight is 559 g/mol. The Morgan fingerprint density at radius 2 is 1.81 bits per heavy atom. The van der Waals surface area contributed by atoms with Crippen LogP contribution in [0.1, 0.15) is 26.3 Å². The Bertz CT molecular complexity index is 1440. The molecule has 1 aliphatic rings. The van der Waals surface area contributed by atoms with Crippen LogP contribution in [0, 0.1) is 0 Å². The van der Waals surface area contributed by atoms with E-state index in [0.717, 1.165) is 20.1 Å². The zero-order valence-electron chi connectivity index (χ0n) is 19.0. The van der Waals surface area contributed by atoms with Crippen LogP contribution >= 0.6 is 46.3 Å². The maximum atomic E-state index is 13.1. The van der Waals surface area contributed by atoms with Crippen molar-refractivity contribution in [3.8, 4) is 0 Å². The summed E-state index contributed by atoms with van der Waals surface area (Å²) in [5, 5.41) is 4.25. The molecule has 36 heavy (non-hydrogen) atoms. The van der Waals surface area contributed by atoms with Gasteiger partial charge in [0.25, 0.3) is 11.8 Å². The average Bonchev–Trinajstić information content (AvgIpc) is 3.31. The van der Waals surface area contributed by atoms with Crippen LogP contribution in [0.4, 0.5) is 5.69 Å². The highest BCUT2D eigenvalue weighted by Crippen LogP contribution is 2.35. The first-order chi connectivity index (χ1) is 17.5. The molecule has 4 aromatic rings. The molecular formula is C26H21Cl2N3O3S2. The molecule has 184 valence electrons. The van der Waals surface area contributed by atoms with Gasteiger partial charge in [-0.3, -0.25) is 9.59 Å². The van der Waals surface area contributed by atoms with Gasteiger partial charge in [-0.15, -0.1) is 11.3 Å². The van der Waals surface area contributed by atoms with Crippen molar-refractivity contribution in [2.24, 2.45) is 0 Å². The lowest BCUT2D eigenvalue weighted by atomic mass is 10.0. The molecule has 2 amide bonds. The summed E-state index contributed by atoms with van der Waals surface area (Å²) in [6.07, 6.45) is 0. The highest BCUT2D eigenvalue weighted by atomic mass is 35.5. The van der Waals surface area contributed by atoms with E-state index in [1.54, 1.807) is 64.4 Å². The molecule has 0 atom stereocenters. The topological polar surface area (TPSA) is 71.5 Å². The van der Waals surface area contributed by atoms with E-state index in [2.05, 4.69) is 10.3 Å². The molecule has 0 bridgehead atoms. The standard InChI is InChI=1S/C26H21Cl2N3O3S2/c27-17-5-7-21(28)16(13-17)15-35-26-30-22-8-6-18(14-23(22)36-26)29-24(32)19-3-1-2-4-20(19)25(33)31-9-11-34-12-10-31/h1-8,13-14H,9-12,15H2,(H,29,32). The first kappa shape index (κ1) is 25.0. The predicted molar refractivity (Wildman–Crippen MR) is 147 cm³/mol. The SMILES string of the molecule is O=C(Nc1ccc2nc(SCc3cc(Cl)ccc3Cl)sc2c1)c1ccccc1C(=O)N1CCOCC1. The Morgan fingerprint density at radius 3 is 2.61 bits per heavy atom. The number of carbonyl (C=O) groups is 2. The van der Waals surface area contributed by atoms with Crippen LogP contribution in [-0.4, -0.2) is 48.0 Å². The largest absolute Gasteiger partial charge is 0.378 e. The maximum Gasteiger partial charge on any atom is 0.256 e. The van der Waals surface area contributed by atoms with E-state index in [1.165, 1.54) is 0 Å². The zero-order chi connectivity index (χ0) is 25.1. The number of morpholine rings is 1. The van der Waals surface area contributed by atoms with Crippen LogP contribution in [0.3, 0.4) is 0 Å². The summed E-state index contributed by atoms with van der Waals surface area (Å²) >= 11 is 15.5. The Kier molecular flexibility index (Phi) is 7.79. The number of thioether (sulfide) groups is 1. The highest BCUT2D eigenvalue weighted by molar-refractivity contribution is 8.00. The lowest BCUT2D eigenvalue weighted by Crippen LogP contribution is -2.41. The molecule has 1 aromatic heterocycles. The van der Waals surface area contributed by atoms with E-state index in [9.17, 15) is 9.59 Å². The van der Waals surface area contributed by atoms with E-state index in [0.29, 0.717) is 58.9 Å². The molecule has 0 radical (unpaired) electrons. The number of thiazole rings is 1. The number of nitrogens with one attached hydrogen (secondary N) is 1.